The van der Waals surface area contributed by atoms with Crippen molar-refractivity contribution in [1.29, 1.82) is 0 Å². The number of anilines is 1. The highest BCUT2D eigenvalue weighted by Gasteiger charge is 2.20. The van der Waals surface area contributed by atoms with Crippen LogP contribution in [-0.4, -0.2) is 26.3 Å². The lowest BCUT2D eigenvalue weighted by Gasteiger charge is -2.25. The molecule has 1 fully saturated rings. The summed E-state index contributed by atoms with van der Waals surface area (Å²) in [4.78, 5) is 2.28. The summed E-state index contributed by atoms with van der Waals surface area (Å²) in [5.74, 6) is 0.580. The minimum absolute atomic E-state index is 0.520. The van der Waals surface area contributed by atoms with Crippen LogP contribution >= 0.6 is 11.6 Å². The van der Waals surface area contributed by atoms with Crippen LogP contribution in [0.5, 0.6) is 0 Å². The van der Waals surface area contributed by atoms with E-state index in [1.807, 2.05) is 0 Å². The van der Waals surface area contributed by atoms with E-state index in [1.54, 1.807) is 0 Å². The molecule has 1 aliphatic rings. The fourth-order valence-corrected chi connectivity index (χ4v) is 2.04. The van der Waals surface area contributed by atoms with E-state index in [4.69, 9.17) is 16.3 Å². The average Bonchev–Trinajstić information content (AvgIpc) is 2.82. The molecule has 82 valence electrons. The van der Waals surface area contributed by atoms with Crippen molar-refractivity contribution < 1.29 is 4.74 Å². The Hall–Kier alpha value is -0.730. The lowest BCUT2D eigenvalue weighted by molar-refractivity contribution is 0.193. The molecule has 0 aromatic heterocycles. The van der Waals surface area contributed by atoms with Crippen LogP contribution in [0.1, 0.15) is 12.0 Å². The molecule has 3 heteroatoms. The first-order chi connectivity index (χ1) is 7.31. The zero-order chi connectivity index (χ0) is 10.7. The Bertz CT molecular complexity index is 306. The Morgan fingerprint density at radius 2 is 2.13 bits per heavy atom. The largest absolute Gasteiger partial charge is 0.379 e. The lowest BCUT2D eigenvalue weighted by Crippen LogP contribution is -2.31. The highest BCUT2D eigenvalue weighted by molar-refractivity contribution is 6.17. The molecular formula is C12H16ClNO. The van der Waals surface area contributed by atoms with E-state index < -0.39 is 0 Å². The number of rotatable bonds is 3. The van der Waals surface area contributed by atoms with Crippen molar-refractivity contribution >= 4 is 17.3 Å². The number of likely N-dealkylation sites (N-methyl/N-ethyl adjacent to an activating group) is 1. The second kappa shape index (κ2) is 4.86. The summed E-state index contributed by atoms with van der Waals surface area (Å²) in [5.41, 5.74) is 2.40. The van der Waals surface area contributed by atoms with Gasteiger partial charge >= 0.3 is 0 Å². The minimum Gasteiger partial charge on any atom is -0.379 e. The van der Waals surface area contributed by atoms with Crippen molar-refractivity contribution in [2.75, 3.05) is 25.2 Å². The molecule has 1 aromatic rings. The van der Waals surface area contributed by atoms with Crippen LogP contribution in [0, 0.1) is 0 Å². The predicted molar refractivity (Wildman–Crippen MR) is 63.6 cm³/mol. The summed E-state index contributed by atoms with van der Waals surface area (Å²) in [6.07, 6.45) is 1.12. The van der Waals surface area contributed by atoms with Crippen molar-refractivity contribution in [3.05, 3.63) is 29.8 Å². The highest BCUT2D eigenvalue weighted by Crippen LogP contribution is 2.20. The normalized spacial score (nSPS) is 20.5. The molecule has 0 amide bonds. The molecule has 2 rings (SSSR count). The van der Waals surface area contributed by atoms with E-state index in [-0.39, 0.29) is 0 Å². The first kappa shape index (κ1) is 10.8. The third-order valence-electron chi connectivity index (χ3n) is 2.95. The van der Waals surface area contributed by atoms with Gasteiger partial charge in [0.1, 0.15) is 0 Å². The van der Waals surface area contributed by atoms with Crippen LogP contribution in [0.15, 0.2) is 24.3 Å². The molecule has 1 atom stereocenters. The van der Waals surface area contributed by atoms with E-state index in [0.29, 0.717) is 11.9 Å². The Morgan fingerprint density at radius 1 is 1.40 bits per heavy atom. The van der Waals surface area contributed by atoms with E-state index in [2.05, 4.69) is 36.2 Å². The van der Waals surface area contributed by atoms with Crippen LogP contribution < -0.4 is 4.90 Å². The van der Waals surface area contributed by atoms with Gasteiger partial charge in [-0.15, -0.1) is 11.6 Å². The molecule has 0 spiro atoms. The number of benzene rings is 1. The molecule has 1 saturated heterocycles. The summed E-state index contributed by atoms with van der Waals surface area (Å²) < 4.78 is 5.38. The maximum Gasteiger partial charge on any atom is 0.0670 e. The quantitative estimate of drug-likeness (QED) is 0.734. The van der Waals surface area contributed by atoms with Crippen molar-refractivity contribution in [3.8, 4) is 0 Å². The maximum absolute atomic E-state index is 5.75. The SMILES string of the molecule is CN(c1ccc(CCl)cc1)C1CCOC1. The number of halogens is 1. The Morgan fingerprint density at radius 3 is 2.67 bits per heavy atom. The summed E-state index contributed by atoms with van der Waals surface area (Å²) in [7, 11) is 2.12. The molecule has 0 aliphatic carbocycles. The van der Waals surface area contributed by atoms with E-state index in [1.165, 1.54) is 5.69 Å². The Labute approximate surface area is 95.8 Å². The summed E-state index contributed by atoms with van der Waals surface area (Å²) in [6, 6.07) is 8.92. The number of nitrogens with zero attached hydrogens (tertiary/aromatic N) is 1. The fraction of sp³-hybridized carbons (Fsp3) is 0.500. The molecule has 0 bridgehead atoms. The minimum atomic E-state index is 0.520. The predicted octanol–water partition coefficient (Wildman–Crippen LogP) is 2.65. The summed E-state index contributed by atoms with van der Waals surface area (Å²) in [6.45, 7) is 1.72. The van der Waals surface area contributed by atoms with Gasteiger partial charge in [-0.25, -0.2) is 0 Å². The zero-order valence-corrected chi connectivity index (χ0v) is 9.70. The second-order valence-electron chi connectivity index (χ2n) is 3.93. The van der Waals surface area contributed by atoms with Gasteiger partial charge in [0.2, 0.25) is 0 Å². The maximum atomic E-state index is 5.75. The van der Waals surface area contributed by atoms with E-state index in [9.17, 15) is 0 Å². The average molecular weight is 226 g/mol. The first-order valence-corrected chi connectivity index (χ1v) is 5.80. The lowest BCUT2D eigenvalue weighted by atomic mass is 10.1. The van der Waals surface area contributed by atoms with Gasteiger partial charge in [0.05, 0.1) is 12.6 Å². The molecule has 1 heterocycles. The molecule has 15 heavy (non-hydrogen) atoms. The molecule has 0 saturated carbocycles. The number of alkyl halides is 1. The molecule has 2 nitrogen and oxygen atoms in total. The standard InChI is InChI=1S/C12H16ClNO/c1-14(12-6-7-15-9-12)11-4-2-10(8-13)3-5-11/h2-5,12H,6-9H2,1H3. The molecule has 0 N–H and O–H groups in total. The molecule has 0 radical (unpaired) electrons. The van der Waals surface area contributed by atoms with Gasteiger partial charge in [-0.2, -0.15) is 0 Å². The van der Waals surface area contributed by atoms with Crippen molar-refractivity contribution in [1.82, 2.24) is 0 Å². The van der Waals surface area contributed by atoms with Crippen LogP contribution in [-0.2, 0) is 10.6 Å². The number of ether oxygens (including phenoxy) is 1. The molecule has 1 aliphatic heterocycles. The van der Waals surface area contributed by atoms with Crippen LogP contribution in [0.2, 0.25) is 0 Å². The van der Waals surface area contributed by atoms with E-state index >= 15 is 0 Å². The zero-order valence-electron chi connectivity index (χ0n) is 8.95. The van der Waals surface area contributed by atoms with Crippen LogP contribution in [0.3, 0.4) is 0 Å². The Kier molecular flexibility index (Phi) is 3.49. The van der Waals surface area contributed by atoms with Gasteiger partial charge in [0.25, 0.3) is 0 Å². The van der Waals surface area contributed by atoms with Gasteiger partial charge in [-0.05, 0) is 24.1 Å². The fourth-order valence-electron chi connectivity index (χ4n) is 1.86. The molecule has 1 unspecified atom stereocenters. The third-order valence-corrected chi connectivity index (χ3v) is 3.26. The number of hydrogen-bond acceptors (Lipinski definition) is 2. The van der Waals surface area contributed by atoms with Crippen molar-refractivity contribution in [2.45, 2.75) is 18.3 Å². The van der Waals surface area contributed by atoms with Gasteiger partial charge in [0, 0.05) is 25.2 Å². The third kappa shape index (κ3) is 2.44. The molecular weight excluding hydrogens is 210 g/mol. The van der Waals surface area contributed by atoms with Crippen LogP contribution in [0.4, 0.5) is 5.69 Å². The van der Waals surface area contributed by atoms with Gasteiger partial charge in [-0.3, -0.25) is 0 Å². The van der Waals surface area contributed by atoms with Gasteiger partial charge in [0.15, 0.2) is 0 Å². The van der Waals surface area contributed by atoms with E-state index in [0.717, 1.165) is 25.2 Å². The Balaban J connectivity index is 2.07. The molecule has 1 aromatic carbocycles. The first-order valence-electron chi connectivity index (χ1n) is 5.27. The highest BCUT2D eigenvalue weighted by atomic mass is 35.5. The van der Waals surface area contributed by atoms with Crippen molar-refractivity contribution in [2.24, 2.45) is 0 Å². The van der Waals surface area contributed by atoms with Crippen LogP contribution in [0.25, 0.3) is 0 Å². The second-order valence-corrected chi connectivity index (χ2v) is 4.20. The monoisotopic (exact) mass is 225 g/mol. The van der Waals surface area contributed by atoms with Gasteiger partial charge < -0.3 is 9.64 Å². The van der Waals surface area contributed by atoms with Gasteiger partial charge in [-0.1, -0.05) is 12.1 Å². The summed E-state index contributed by atoms with van der Waals surface area (Å²) in [5, 5.41) is 0. The number of hydrogen-bond donors (Lipinski definition) is 0. The topological polar surface area (TPSA) is 12.5 Å². The summed E-state index contributed by atoms with van der Waals surface area (Å²) >= 11 is 5.75. The smallest absolute Gasteiger partial charge is 0.0670 e. The van der Waals surface area contributed by atoms with Crippen molar-refractivity contribution in [3.63, 3.8) is 0 Å².